The van der Waals surface area contributed by atoms with Crippen LogP contribution in [0.4, 0.5) is 0 Å². The van der Waals surface area contributed by atoms with Gasteiger partial charge in [0.1, 0.15) is 12.2 Å². The van der Waals surface area contributed by atoms with Gasteiger partial charge in [-0.3, -0.25) is 0 Å². The first-order chi connectivity index (χ1) is 12.1. The van der Waals surface area contributed by atoms with Gasteiger partial charge in [-0.15, -0.1) is 0 Å². The molecule has 0 spiro atoms. The Hall–Kier alpha value is -1.84. The molecule has 0 heterocycles. The van der Waals surface area contributed by atoms with E-state index in [9.17, 15) is 9.59 Å². The molecule has 1 aromatic rings. The number of esters is 2. The average molecular weight is 363 g/mol. The first kappa shape index (κ1) is 22.2. The smallest absolute Gasteiger partial charge is 0.339 e. The number of benzene rings is 1. The number of ether oxygens (including phenoxy) is 2. The molecule has 0 saturated heterocycles. The molecule has 0 amide bonds. The lowest BCUT2D eigenvalue weighted by molar-refractivity contribution is -0.000933. The molecule has 1 rings (SSSR count). The second kappa shape index (κ2) is 9.75. The zero-order valence-electron chi connectivity index (χ0n) is 17.4. The summed E-state index contributed by atoms with van der Waals surface area (Å²) >= 11 is 0. The van der Waals surface area contributed by atoms with E-state index >= 15 is 0 Å². The Kier molecular flexibility index (Phi) is 8.32. The zero-order chi connectivity index (χ0) is 20.0. The zero-order valence-corrected chi connectivity index (χ0v) is 17.4. The molecule has 0 bridgehead atoms. The van der Waals surface area contributed by atoms with E-state index < -0.39 is 11.9 Å². The minimum Gasteiger partial charge on any atom is -0.458 e. The van der Waals surface area contributed by atoms with Crippen LogP contribution in [0.15, 0.2) is 24.3 Å². The quantitative estimate of drug-likeness (QED) is 0.584. The van der Waals surface area contributed by atoms with Crippen molar-refractivity contribution in [2.24, 2.45) is 23.7 Å². The third-order valence-electron chi connectivity index (χ3n) is 4.48. The molecule has 4 nitrogen and oxygen atoms in total. The average Bonchev–Trinajstić information content (AvgIpc) is 2.55. The molecule has 146 valence electrons. The van der Waals surface area contributed by atoms with Gasteiger partial charge >= 0.3 is 11.9 Å². The molecule has 0 radical (unpaired) electrons. The van der Waals surface area contributed by atoms with Gasteiger partial charge in [0.2, 0.25) is 0 Å². The number of rotatable bonds is 8. The van der Waals surface area contributed by atoms with Crippen LogP contribution in [-0.2, 0) is 9.47 Å². The molecule has 26 heavy (non-hydrogen) atoms. The Morgan fingerprint density at radius 2 is 0.885 bits per heavy atom. The monoisotopic (exact) mass is 362 g/mol. The topological polar surface area (TPSA) is 52.6 Å². The molecule has 0 atom stereocenters. The lowest BCUT2D eigenvalue weighted by atomic mass is 9.95. The molecule has 0 unspecified atom stereocenters. The summed E-state index contributed by atoms with van der Waals surface area (Å²) in [6.45, 7) is 16.2. The molecule has 0 aliphatic carbocycles. The van der Waals surface area contributed by atoms with Gasteiger partial charge in [0.05, 0.1) is 11.1 Å². The Morgan fingerprint density at radius 3 is 1.12 bits per heavy atom. The number of carbonyl (C=O) groups is 2. The van der Waals surface area contributed by atoms with Gasteiger partial charge in [-0.1, -0.05) is 67.5 Å². The summed E-state index contributed by atoms with van der Waals surface area (Å²) in [6, 6.07) is 6.71. The molecular weight excluding hydrogens is 328 g/mol. The Balaban J connectivity index is 3.06. The van der Waals surface area contributed by atoms with Crippen LogP contribution >= 0.6 is 0 Å². The summed E-state index contributed by atoms with van der Waals surface area (Å²) in [5.41, 5.74) is 0.519. The molecule has 0 aromatic heterocycles. The summed E-state index contributed by atoms with van der Waals surface area (Å²) in [4.78, 5) is 25.4. The van der Waals surface area contributed by atoms with E-state index in [0.717, 1.165) is 0 Å². The lowest BCUT2D eigenvalue weighted by Gasteiger charge is -2.26. The van der Waals surface area contributed by atoms with Crippen molar-refractivity contribution in [3.8, 4) is 0 Å². The standard InChI is InChI=1S/C22H34O4/c1-13(2)19(14(3)4)25-21(23)17-11-9-10-12-18(17)22(24)26-20(15(5)6)16(7)8/h9-16,19-20H,1-8H3. The van der Waals surface area contributed by atoms with Crippen LogP contribution in [0.1, 0.15) is 76.1 Å². The van der Waals surface area contributed by atoms with Gasteiger partial charge in [-0.25, -0.2) is 9.59 Å². The maximum absolute atomic E-state index is 12.7. The largest absolute Gasteiger partial charge is 0.458 e. The van der Waals surface area contributed by atoms with Crippen molar-refractivity contribution >= 4 is 11.9 Å². The van der Waals surface area contributed by atoms with E-state index in [1.54, 1.807) is 24.3 Å². The van der Waals surface area contributed by atoms with Crippen molar-refractivity contribution in [1.29, 1.82) is 0 Å². The highest BCUT2D eigenvalue weighted by Crippen LogP contribution is 2.22. The van der Waals surface area contributed by atoms with E-state index in [1.807, 2.05) is 55.4 Å². The number of hydrogen-bond acceptors (Lipinski definition) is 4. The second-order valence-electron chi connectivity index (χ2n) is 8.26. The highest BCUT2D eigenvalue weighted by Gasteiger charge is 2.28. The minimum absolute atomic E-state index is 0.198. The Bertz CT molecular complexity index is 533. The fourth-order valence-electron chi connectivity index (χ4n) is 3.30. The van der Waals surface area contributed by atoms with Gasteiger partial charge in [-0.2, -0.15) is 0 Å². The molecule has 1 aromatic carbocycles. The van der Waals surface area contributed by atoms with Gasteiger partial charge in [0.25, 0.3) is 0 Å². The van der Waals surface area contributed by atoms with Crippen molar-refractivity contribution in [3.05, 3.63) is 35.4 Å². The second-order valence-corrected chi connectivity index (χ2v) is 8.26. The van der Waals surface area contributed by atoms with Gasteiger partial charge < -0.3 is 9.47 Å². The van der Waals surface area contributed by atoms with E-state index in [0.29, 0.717) is 0 Å². The van der Waals surface area contributed by atoms with Crippen LogP contribution in [0, 0.1) is 23.7 Å². The normalized spacial score (nSPS) is 11.9. The van der Waals surface area contributed by atoms with Crippen molar-refractivity contribution < 1.29 is 19.1 Å². The molecule has 4 heteroatoms. The SMILES string of the molecule is CC(C)C(OC(=O)c1ccccc1C(=O)OC(C(C)C)C(C)C)C(C)C. The third-order valence-corrected chi connectivity index (χ3v) is 4.48. The molecule has 0 N–H and O–H groups in total. The molecule has 0 aliphatic rings. The Morgan fingerprint density at radius 1 is 0.615 bits per heavy atom. The summed E-state index contributed by atoms with van der Waals surface area (Å²) in [5, 5.41) is 0. The number of hydrogen-bond donors (Lipinski definition) is 0. The fraction of sp³-hybridized carbons (Fsp3) is 0.636. The van der Waals surface area contributed by atoms with Crippen LogP contribution in [0.2, 0.25) is 0 Å². The van der Waals surface area contributed by atoms with Crippen molar-refractivity contribution in [2.45, 2.75) is 67.6 Å². The third kappa shape index (κ3) is 5.86. The van der Waals surface area contributed by atoms with Crippen molar-refractivity contribution in [1.82, 2.24) is 0 Å². The van der Waals surface area contributed by atoms with Crippen molar-refractivity contribution in [3.63, 3.8) is 0 Å². The lowest BCUT2D eigenvalue weighted by Crippen LogP contribution is -2.31. The number of carbonyl (C=O) groups excluding carboxylic acids is 2. The molecular formula is C22H34O4. The minimum atomic E-state index is -0.476. The van der Waals surface area contributed by atoms with Crippen molar-refractivity contribution in [2.75, 3.05) is 0 Å². The van der Waals surface area contributed by atoms with Crippen LogP contribution in [0.5, 0.6) is 0 Å². The van der Waals surface area contributed by atoms with Gasteiger partial charge in [-0.05, 0) is 35.8 Å². The highest BCUT2D eigenvalue weighted by atomic mass is 16.6. The van der Waals surface area contributed by atoms with Crippen LogP contribution in [0.25, 0.3) is 0 Å². The molecule has 0 fully saturated rings. The van der Waals surface area contributed by atoms with E-state index in [4.69, 9.17) is 9.47 Å². The summed E-state index contributed by atoms with van der Waals surface area (Å²) in [5.74, 6) is -0.159. The van der Waals surface area contributed by atoms with E-state index in [2.05, 4.69) is 0 Å². The predicted octanol–water partition coefficient (Wildman–Crippen LogP) is 5.36. The van der Waals surface area contributed by atoms with Crippen LogP contribution in [-0.4, -0.2) is 24.1 Å². The summed E-state index contributed by atoms with van der Waals surface area (Å²) < 4.78 is 11.4. The first-order valence-electron chi connectivity index (χ1n) is 9.57. The highest BCUT2D eigenvalue weighted by molar-refractivity contribution is 6.03. The van der Waals surface area contributed by atoms with Gasteiger partial charge in [0, 0.05) is 0 Å². The van der Waals surface area contributed by atoms with E-state index in [1.165, 1.54) is 0 Å². The summed E-state index contributed by atoms with van der Waals surface area (Å²) in [6.07, 6.45) is -0.406. The van der Waals surface area contributed by atoms with Crippen LogP contribution < -0.4 is 0 Å². The van der Waals surface area contributed by atoms with E-state index in [-0.39, 0.29) is 47.0 Å². The molecule has 0 saturated carbocycles. The fourth-order valence-corrected chi connectivity index (χ4v) is 3.30. The van der Waals surface area contributed by atoms with Gasteiger partial charge in [0.15, 0.2) is 0 Å². The molecule has 0 aliphatic heterocycles. The predicted molar refractivity (Wildman–Crippen MR) is 104 cm³/mol. The Labute approximate surface area is 158 Å². The summed E-state index contributed by atoms with van der Waals surface area (Å²) in [7, 11) is 0. The maximum atomic E-state index is 12.7. The maximum Gasteiger partial charge on any atom is 0.339 e. The first-order valence-corrected chi connectivity index (χ1v) is 9.57. The van der Waals surface area contributed by atoms with Crippen LogP contribution in [0.3, 0.4) is 0 Å².